The van der Waals surface area contributed by atoms with Crippen LogP contribution in [0.2, 0.25) is 0 Å². The Balaban J connectivity index is 2.08. The molecule has 12 nitrogen and oxygen atoms in total. The van der Waals surface area contributed by atoms with Gasteiger partial charge in [-0.1, -0.05) is 6.07 Å². The third-order valence-electron chi connectivity index (χ3n) is 3.56. The molecule has 0 unspecified atom stereocenters. The summed E-state index contributed by atoms with van der Waals surface area (Å²) >= 11 is 0. The van der Waals surface area contributed by atoms with Crippen molar-refractivity contribution in [2.75, 3.05) is 17.9 Å². The van der Waals surface area contributed by atoms with Crippen molar-refractivity contribution in [3.63, 3.8) is 0 Å². The van der Waals surface area contributed by atoms with Gasteiger partial charge in [0.05, 0.1) is 6.61 Å². The highest BCUT2D eigenvalue weighted by molar-refractivity contribution is 7.92. The Hall–Kier alpha value is -3.45. The first-order valence-corrected chi connectivity index (χ1v) is 9.82. The zero-order valence-electron chi connectivity index (χ0n) is 15.5. The molecule has 156 valence electrons. The summed E-state index contributed by atoms with van der Waals surface area (Å²) in [6.45, 7) is 1.46. The number of guanidine groups is 1. The Morgan fingerprint density at radius 3 is 2.72 bits per heavy atom. The highest BCUT2D eigenvalue weighted by atomic mass is 32.2. The minimum absolute atomic E-state index is 0.0448. The Labute approximate surface area is 166 Å². The number of carbonyl (C=O) groups is 1. The minimum atomic E-state index is -4.05. The number of hydroxylamine groups is 1. The molecular formula is C16H21N7O5S. The molecule has 2 heterocycles. The molecule has 2 rings (SSSR count). The van der Waals surface area contributed by atoms with Crippen LogP contribution in [0.5, 0.6) is 0 Å². The highest BCUT2D eigenvalue weighted by Gasteiger charge is 2.18. The van der Waals surface area contributed by atoms with Crippen molar-refractivity contribution >= 4 is 27.6 Å². The first-order chi connectivity index (χ1) is 13.7. The molecule has 0 aliphatic rings. The molecule has 0 atom stereocenters. The van der Waals surface area contributed by atoms with E-state index in [0.29, 0.717) is 5.69 Å². The van der Waals surface area contributed by atoms with Crippen LogP contribution in [0.3, 0.4) is 0 Å². The van der Waals surface area contributed by atoms with Gasteiger partial charge in [-0.15, -0.1) is 0 Å². The van der Waals surface area contributed by atoms with E-state index in [1.54, 1.807) is 13.0 Å². The average molecular weight is 423 g/mol. The molecule has 29 heavy (non-hydrogen) atoms. The van der Waals surface area contributed by atoms with E-state index in [4.69, 9.17) is 16.0 Å². The van der Waals surface area contributed by atoms with Crippen molar-refractivity contribution in [2.24, 2.45) is 5.73 Å². The molecule has 0 radical (unpaired) electrons. The van der Waals surface area contributed by atoms with Crippen molar-refractivity contribution in [2.45, 2.75) is 18.5 Å². The number of sulfonamides is 1. The molecule has 0 aromatic carbocycles. The van der Waals surface area contributed by atoms with Crippen LogP contribution >= 0.6 is 0 Å². The van der Waals surface area contributed by atoms with Crippen LogP contribution in [0.25, 0.3) is 0 Å². The van der Waals surface area contributed by atoms with E-state index in [-0.39, 0.29) is 36.4 Å². The maximum Gasteiger partial charge on any atom is 0.279 e. The Morgan fingerprint density at radius 2 is 2.07 bits per heavy atom. The summed E-state index contributed by atoms with van der Waals surface area (Å²) in [5.74, 6) is -0.852. The highest BCUT2D eigenvalue weighted by Crippen LogP contribution is 2.11. The van der Waals surface area contributed by atoms with Gasteiger partial charge in [0, 0.05) is 18.4 Å². The predicted molar refractivity (Wildman–Crippen MR) is 104 cm³/mol. The molecular weight excluding hydrogens is 402 g/mol. The molecule has 0 aliphatic carbocycles. The minimum Gasteiger partial charge on any atom is -0.368 e. The summed E-state index contributed by atoms with van der Waals surface area (Å²) in [5.41, 5.74) is 6.74. The van der Waals surface area contributed by atoms with Crippen LogP contribution < -0.4 is 26.8 Å². The molecule has 6 N–H and O–H groups in total. The third kappa shape index (κ3) is 6.29. The van der Waals surface area contributed by atoms with Gasteiger partial charge in [0.2, 0.25) is 11.9 Å². The molecule has 0 saturated carbocycles. The van der Waals surface area contributed by atoms with Crippen molar-refractivity contribution in [1.29, 1.82) is 5.41 Å². The fourth-order valence-electron chi connectivity index (χ4n) is 2.22. The maximum atomic E-state index is 12.6. The average Bonchev–Trinajstić information content (AvgIpc) is 2.67. The van der Waals surface area contributed by atoms with Gasteiger partial charge >= 0.3 is 0 Å². The zero-order valence-corrected chi connectivity index (χ0v) is 16.3. The number of hydrogen-bond acceptors (Lipinski definition) is 7. The van der Waals surface area contributed by atoms with Crippen molar-refractivity contribution in [1.82, 2.24) is 20.3 Å². The van der Waals surface area contributed by atoms with E-state index >= 15 is 0 Å². The smallest absolute Gasteiger partial charge is 0.279 e. The van der Waals surface area contributed by atoms with Crippen molar-refractivity contribution in [3.8, 4) is 0 Å². The van der Waals surface area contributed by atoms with E-state index in [1.807, 2.05) is 0 Å². The number of aromatic nitrogens is 2. The van der Waals surface area contributed by atoms with Crippen LogP contribution in [0.4, 0.5) is 5.69 Å². The number of carbonyl (C=O) groups excluding carboxylic acids is 1. The largest absolute Gasteiger partial charge is 0.368 e. The number of amides is 1. The SMILES string of the molecule is Cc1ccc(NS(=O)(=O)c2ccccn2)c(=O)n1CC(=O)NCCONC(=N)N. The third-order valence-corrected chi connectivity index (χ3v) is 4.84. The number of anilines is 1. The normalized spacial score (nSPS) is 10.9. The lowest BCUT2D eigenvalue weighted by Gasteiger charge is -2.13. The molecule has 2 aromatic heterocycles. The molecule has 0 spiro atoms. The lowest BCUT2D eigenvalue weighted by molar-refractivity contribution is -0.122. The van der Waals surface area contributed by atoms with Crippen molar-refractivity contribution < 1.29 is 18.0 Å². The number of aryl methyl sites for hydroxylation is 1. The summed E-state index contributed by atoms with van der Waals surface area (Å²) in [5, 5.41) is 9.21. The van der Waals surface area contributed by atoms with E-state index in [2.05, 4.69) is 20.5 Å². The summed E-state index contributed by atoms with van der Waals surface area (Å²) in [4.78, 5) is 33.3. The summed E-state index contributed by atoms with van der Waals surface area (Å²) in [7, 11) is -4.05. The molecule has 0 fully saturated rings. The zero-order chi connectivity index (χ0) is 21.4. The monoisotopic (exact) mass is 423 g/mol. The topological polar surface area (TPSA) is 181 Å². The van der Waals surface area contributed by atoms with E-state index < -0.39 is 21.5 Å². The van der Waals surface area contributed by atoms with Crippen LogP contribution in [0.15, 0.2) is 46.3 Å². The van der Waals surface area contributed by atoms with Gasteiger partial charge in [0.1, 0.15) is 12.2 Å². The number of rotatable bonds is 9. The van der Waals surface area contributed by atoms with Gasteiger partial charge in [0.15, 0.2) is 5.03 Å². The van der Waals surface area contributed by atoms with Gasteiger partial charge in [-0.3, -0.25) is 24.6 Å². The van der Waals surface area contributed by atoms with Gasteiger partial charge in [-0.05, 0) is 31.2 Å². The second kappa shape index (κ2) is 9.66. The molecule has 13 heteroatoms. The van der Waals surface area contributed by atoms with Gasteiger partial charge < -0.3 is 15.6 Å². The fraction of sp³-hybridized carbons (Fsp3) is 0.250. The quantitative estimate of drug-likeness (QED) is 0.145. The van der Waals surface area contributed by atoms with Crippen LogP contribution in [-0.4, -0.2) is 43.0 Å². The van der Waals surface area contributed by atoms with Gasteiger partial charge in [-0.25, -0.2) is 10.5 Å². The maximum absolute atomic E-state index is 12.6. The summed E-state index contributed by atoms with van der Waals surface area (Å²) in [6, 6.07) is 7.22. The summed E-state index contributed by atoms with van der Waals surface area (Å²) < 4.78 is 28.1. The van der Waals surface area contributed by atoms with Crippen LogP contribution in [0.1, 0.15) is 5.69 Å². The van der Waals surface area contributed by atoms with E-state index in [0.717, 1.165) is 4.57 Å². The lowest BCUT2D eigenvalue weighted by atomic mass is 10.3. The first kappa shape index (κ1) is 21.8. The molecule has 0 saturated heterocycles. The Morgan fingerprint density at radius 1 is 1.31 bits per heavy atom. The van der Waals surface area contributed by atoms with Crippen molar-refractivity contribution in [3.05, 3.63) is 52.6 Å². The molecule has 1 amide bonds. The second-order valence-electron chi connectivity index (χ2n) is 5.77. The number of nitrogens with one attached hydrogen (secondary N) is 4. The fourth-order valence-corrected chi connectivity index (χ4v) is 3.22. The molecule has 0 bridgehead atoms. The van der Waals surface area contributed by atoms with E-state index in [1.165, 1.54) is 30.5 Å². The number of hydrogen-bond donors (Lipinski definition) is 5. The molecule has 0 aliphatic heterocycles. The lowest BCUT2D eigenvalue weighted by Crippen LogP contribution is -2.37. The van der Waals surface area contributed by atoms with Gasteiger partial charge in [-0.2, -0.15) is 8.42 Å². The van der Waals surface area contributed by atoms with Crippen LogP contribution in [0, 0.1) is 12.3 Å². The number of nitrogens with two attached hydrogens (primary N) is 1. The Bertz CT molecular complexity index is 1040. The first-order valence-electron chi connectivity index (χ1n) is 8.33. The standard InChI is InChI=1S/C16H21N7O5S/c1-11-5-6-12(22-29(26,27)14-4-2-3-7-20-14)15(25)23(11)10-13(24)19-8-9-28-21-16(17)18/h2-7,22H,8-10H2,1H3,(H,19,24)(H4,17,18,21). The number of nitrogens with zero attached hydrogens (tertiary/aromatic N) is 2. The molecule has 2 aromatic rings. The number of pyridine rings is 2. The second-order valence-corrected chi connectivity index (χ2v) is 7.40. The van der Waals surface area contributed by atoms with Crippen LogP contribution in [-0.2, 0) is 26.2 Å². The van der Waals surface area contributed by atoms with E-state index in [9.17, 15) is 18.0 Å². The Kier molecular flexibility index (Phi) is 7.27. The summed E-state index contributed by atoms with van der Waals surface area (Å²) in [6.07, 6.45) is 1.32. The predicted octanol–water partition coefficient (Wildman–Crippen LogP) is -1.12. The van der Waals surface area contributed by atoms with Gasteiger partial charge in [0.25, 0.3) is 15.6 Å².